The minimum Gasteiger partial charge on any atom is -0.494 e. The summed E-state index contributed by atoms with van der Waals surface area (Å²) in [6, 6.07) is 13.4. The second-order valence-electron chi connectivity index (χ2n) is 12.8. The first kappa shape index (κ1) is 34.7. The number of unbranched alkanes of at least 4 members (excludes halogenated alkanes) is 3. The number of aliphatic hydroxyl groups excluding tert-OH is 1. The lowest BCUT2D eigenvalue weighted by Crippen LogP contribution is -2.56. The van der Waals surface area contributed by atoms with Gasteiger partial charge in [-0.05, 0) is 88.1 Å². The normalized spacial score (nSPS) is 25.8. The van der Waals surface area contributed by atoms with Gasteiger partial charge < -0.3 is 29.3 Å². The number of rotatable bonds is 16. The molecule has 3 aliphatic rings. The maximum absolute atomic E-state index is 14.8. The van der Waals surface area contributed by atoms with Crippen LogP contribution >= 0.6 is 11.6 Å². The van der Waals surface area contributed by atoms with E-state index < -0.39 is 29.1 Å². The minimum atomic E-state index is -1.17. The quantitative estimate of drug-likeness (QED) is 0.180. The maximum Gasteiger partial charge on any atom is 0.253 e. The van der Waals surface area contributed by atoms with Crippen LogP contribution in [0.2, 0.25) is 5.02 Å². The van der Waals surface area contributed by atoms with Crippen LogP contribution in [0.15, 0.2) is 73.8 Å². The molecular weight excluding hydrogens is 618 g/mol. The number of halogens is 1. The third kappa shape index (κ3) is 6.45. The fourth-order valence-corrected chi connectivity index (χ4v) is 7.92. The summed E-state index contributed by atoms with van der Waals surface area (Å²) in [4.78, 5) is 49.0. The predicted molar refractivity (Wildman–Crippen MR) is 184 cm³/mol. The van der Waals surface area contributed by atoms with E-state index in [2.05, 4.69) is 13.2 Å². The summed E-state index contributed by atoms with van der Waals surface area (Å²) in [6.07, 6.45) is 7.28. The molecule has 1 spiro atoms. The molecule has 0 aromatic heterocycles. The summed E-state index contributed by atoms with van der Waals surface area (Å²) in [5.41, 5.74) is -0.804. The number of aliphatic hydroxyl groups is 1. The number of amides is 3. The van der Waals surface area contributed by atoms with Crippen LogP contribution in [0.3, 0.4) is 0 Å². The van der Waals surface area contributed by atoms with Crippen molar-refractivity contribution in [1.82, 2.24) is 4.90 Å². The second kappa shape index (κ2) is 14.6. The van der Waals surface area contributed by atoms with Gasteiger partial charge in [0.15, 0.2) is 0 Å². The molecule has 3 saturated heterocycles. The first-order chi connectivity index (χ1) is 22.7. The van der Waals surface area contributed by atoms with Crippen LogP contribution in [-0.4, -0.2) is 77.8 Å². The number of likely N-dealkylation sites (tertiary alicyclic amines) is 1. The molecule has 2 aromatic carbocycles. The number of nitrogens with zero attached hydrogens (tertiary/aromatic N) is 3. The van der Waals surface area contributed by atoms with E-state index in [4.69, 9.17) is 21.1 Å². The van der Waals surface area contributed by atoms with Crippen LogP contribution in [0, 0.1) is 11.8 Å². The lowest BCUT2D eigenvalue weighted by atomic mass is 9.66. The lowest BCUT2D eigenvalue weighted by molar-refractivity contribution is -0.144. The van der Waals surface area contributed by atoms with E-state index in [9.17, 15) is 19.5 Å². The predicted octanol–water partition coefficient (Wildman–Crippen LogP) is 5.79. The van der Waals surface area contributed by atoms with Crippen LogP contribution in [0.1, 0.15) is 52.4 Å². The number of hydrogen-bond acceptors (Lipinski definition) is 6. The SMILES string of the molecule is C=CCN(C(=O)C1N(CCCCCCO)C(=O)[C@@H]2[C@@H](C(=O)N(CC=C)c3ccc(OCC)cc3)[C@@]3(C)CCC12O3)c1ccc(Cl)cc1. The molecule has 3 aliphatic heterocycles. The highest BCUT2D eigenvalue weighted by molar-refractivity contribution is 6.30. The summed E-state index contributed by atoms with van der Waals surface area (Å²) >= 11 is 6.17. The maximum atomic E-state index is 14.8. The Morgan fingerprint density at radius 2 is 1.57 bits per heavy atom. The zero-order chi connectivity index (χ0) is 33.8. The van der Waals surface area contributed by atoms with Gasteiger partial charge in [-0.3, -0.25) is 14.4 Å². The van der Waals surface area contributed by atoms with Crippen molar-refractivity contribution in [3.05, 3.63) is 78.9 Å². The smallest absolute Gasteiger partial charge is 0.253 e. The van der Waals surface area contributed by atoms with E-state index in [1.165, 1.54) is 0 Å². The third-order valence-electron chi connectivity index (χ3n) is 9.84. The Balaban J connectivity index is 1.54. The Morgan fingerprint density at radius 3 is 2.17 bits per heavy atom. The van der Waals surface area contributed by atoms with Gasteiger partial charge in [0.2, 0.25) is 11.8 Å². The standard InChI is InChI=1S/C37H46ClN3O6/c1-5-22-39(28-16-18-29(19-17-28)46-7-3)33(43)30-31-34(44)41(24-10-8-9-11-25-42)32(37(31)21-20-36(30,4)47-37)35(45)40(23-6-2)27-14-12-26(38)13-15-27/h5-6,12-19,30-32,42H,1-2,7-11,20-25H2,3-4H3/t30-,31-,32?,36+,37?/m0/s1. The van der Waals surface area contributed by atoms with Gasteiger partial charge in [-0.25, -0.2) is 0 Å². The van der Waals surface area contributed by atoms with Crippen molar-refractivity contribution in [1.29, 1.82) is 0 Å². The molecule has 10 heteroatoms. The van der Waals surface area contributed by atoms with Gasteiger partial charge in [0.1, 0.15) is 17.4 Å². The number of benzene rings is 2. The highest BCUT2D eigenvalue weighted by Gasteiger charge is 2.78. The van der Waals surface area contributed by atoms with Gasteiger partial charge in [-0.15, -0.1) is 13.2 Å². The monoisotopic (exact) mass is 663 g/mol. The van der Waals surface area contributed by atoms with Crippen molar-refractivity contribution in [2.24, 2.45) is 11.8 Å². The van der Waals surface area contributed by atoms with Crippen LogP contribution in [0.25, 0.3) is 0 Å². The van der Waals surface area contributed by atoms with Gasteiger partial charge in [0.05, 0.1) is 24.0 Å². The lowest BCUT2D eigenvalue weighted by Gasteiger charge is -2.37. The van der Waals surface area contributed by atoms with Gasteiger partial charge in [0.25, 0.3) is 5.91 Å². The van der Waals surface area contributed by atoms with Crippen molar-refractivity contribution in [3.63, 3.8) is 0 Å². The largest absolute Gasteiger partial charge is 0.494 e. The molecule has 47 heavy (non-hydrogen) atoms. The van der Waals surface area contributed by atoms with Crippen LogP contribution < -0.4 is 14.5 Å². The van der Waals surface area contributed by atoms with Crippen LogP contribution in [0.5, 0.6) is 5.75 Å². The number of hydrogen-bond donors (Lipinski definition) is 1. The first-order valence-corrected chi connectivity index (χ1v) is 17.0. The molecule has 5 rings (SSSR count). The fourth-order valence-electron chi connectivity index (χ4n) is 7.80. The van der Waals surface area contributed by atoms with E-state index in [0.29, 0.717) is 61.0 Å². The molecule has 9 nitrogen and oxygen atoms in total. The number of ether oxygens (including phenoxy) is 2. The Bertz CT molecular complexity index is 1470. The molecule has 0 saturated carbocycles. The van der Waals surface area contributed by atoms with Crippen molar-refractivity contribution in [2.45, 2.75) is 69.6 Å². The van der Waals surface area contributed by atoms with E-state index in [1.54, 1.807) is 51.1 Å². The molecule has 2 bridgehead atoms. The van der Waals surface area contributed by atoms with Gasteiger partial charge in [0, 0.05) is 42.6 Å². The van der Waals surface area contributed by atoms with Crippen LogP contribution in [-0.2, 0) is 19.1 Å². The highest BCUT2D eigenvalue weighted by Crippen LogP contribution is 2.63. The average Bonchev–Trinajstić information content (AvgIpc) is 3.63. The molecule has 2 aromatic rings. The molecule has 5 atom stereocenters. The first-order valence-electron chi connectivity index (χ1n) is 16.6. The van der Waals surface area contributed by atoms with Crippen molar-refractivity contribution >= 4 is 40.7 Å². The fraction of sp³-hybridized carbons (Fsp3) is 0.486. The zero-order valence-corrected chi connectivity index (χ0v) is 28.2. The van der Waals surface area contributed by atoms with Gasteiger partial charge in [-0.2, -0.15) is 0 Å². The van der Waals surface area contributed by atoms with Gasteiger partial charge >= 0.3 is 0 Å². The second-order valence-corrected chi connectivity index (χ2v) is 13.2. The summed E-state index contributed by atoms with van der Waals surface area (Å²) in [5.74, 6) is -1.66. The van der Waals surface area contributed by atoms with Gasteiger partial charge in [-0.1, -0.05) is 36.6 Å². The summed E-state index contributed by atoms with van der Waals surface area (Å²) in [5, 5.41) is 9.81. The molecule has 2 unspecified atom stereocenters. The number of anilines is 2. The summed E-state index contributed by atoms with van der Waals surface area (Å²) < 4.78 is 12.5. The van der Waals surface area contributed by atoms with E-state index in [1.807, 2.05) is 38.1 Å². The topological polar surface area (TPSA) is 99.6 Å². The molecule has 3 amide bonds. The Hall–Kier alpha value is -3.66. The molecule has 3 heterocycles. The van der Waals surface area contributed by atoms with E-state index in [-0.39, 0.29) is 37.4 Å². The molecular formula is C37H46ClN3O6. The third-order valence-corrected chi connectivity index (χ3v) is 10.1. The molecule has 3 fully saturated rings. The Morgan fingerprint density at radius 1 is 0.979 bits per heavy atom. The minimum absolute atomic E-state index is 0.109. The Kier molecular flexibility index (Phi) is 10.8. The highest BCUT2D eigenvalue weighted by atomic mass is 35.5. The number of carbonyl (C=O) groups is 3. The summed E-state index contributed by atoms with van der Waals surface area (Å²) in [7, 11) is 0. The molecule has 252 valence electrons. The molecule has 0 aliphatic carbocycles. The molecule has 1 N–H and O–H groups in total. The van der Waals surface area contributed by atoms with E-state index in [0.717, 1.165) is 12.8 Å². The number of fused-ring (bicyclic) bond motifs is 1. The van der Waals surface area contributed by atoms with Crippen molar-refractivity contribution in [3.8, 4) is 5.75 Å². The van der Waals surface area contributed by atoms with E-state index >= 15 is 0 Å². The molecule has 0 radical (unpaired) electrons. The summed E-state index contributed by atoms with van der Waals surface area (Å²) in [6.45, 7) is 13.0. The Labute approximate surface area is 282 Å². The van der Waals surface area contributed by atoms with Crippen molar-refractivity contribution < 1.29 is 29.0 Å². The van der Waals surface area contributed by atoms with Crippen LogP contribution in [0.4, 0.5) is 11.4 Å². The number of carbonyl (C=O) groups excluding carboxylic acids is 3. The zero-order valence-electron chi connectivity index (χ0n) is 27.4. The van der Waals surface area contributed by atoms with Crippen molar-refractivity contribution in [2.75, 3.05) is 42.6 Å². The average molecular weight is 664 g/mol.